The van der Waals surface area contributed by atoms with Gasteiger partial charge in [-0.1, -0.05) is 231 Å². The van der Waals surface area contributed by atoms with E-state index in [1.807, 2.05) is 0 Å². The second-order valence-corrected chi connectivity index (χ2v) is 17.2. The van der Waals surface area contributed by atoms with Crippen molar-refractivity contribution in [1.29, 1.82) is 0 Å². The van der Waals surface area contributed by atoms with E-state index in [0.29, 0.717) is 19.3 Å². The van der Waals surface area contributed by atoms with E-state index in [9.17, 15) is 25.2 Å². The summed E-state index contributed by atoms with van der Waals surface area (Å²) in [6.45, 7) is 4.04. The van der Waals surface area contributed by atoms with E-state index in [-0.39, 0.29) is 0 Å². The molecule has 0 bridgehead atoms. The van der Waals surface area contributed by atoms with Gasteiger partial charge in [0, 0.05) is 0 Å². The predicted molar refractivity (Wildman–Crippen MR) is 242 cm³/mol. The van der Waals surface area contributed by atoms with Gasteiger partial charge in [0.2, 0.25) is 5.91 Å². The zero-order valence-corrected chi connectivity index (χ0v) is 37.4. The molecule has 6 nitrogen and oxygen atoms in total. The van der Waals surface area contributed by atoms with Crippen molar-refractivity contribution >= 4 is 5.91 Å². The first-order valence-corrected chi connectivity index (χ1v) is 24.7. The molecule has 0 aromatic rings. The highest BCUT2D eigenvalue weighted by Crippen LogP contribution is 2.17. The number of aliphatic hydroxyl groups is 4. The fraction of sp³-hybridized carbons (Fsp3) is 0.900. The quantitative estimate of drug-likeness (QED) is 0.0312. The Morgan fingerprint density at radius 3 is 1.12 bits per heavy atom. The Bertz CT molecular complexity index is 847. The smallest absolute Gasteiger partial charge is 0.249 e. The molecule has 0 fully saturated rings. The van der Waals surface area contributed by atoms with Crippen LogP contribution in [0.2, 0.25) is 0 Å². The summed E-state index contributed by atoms with van der Waals surface area (Å²) in [6.07, 6.45) is 52.4. The van der Waals surface area contributed by atoms with Gasteiger partial charge < -0.3 is 25.7 Å². The molecular weight excluding hydrogens is 695 g/mol. The first-order chi connectivity index (χ1) is 27.5. The van der Waals surface area contributed by atoms with E-state index in [1.54, 1.807) is 0 Å². The molecule has 6 heteroatoms. The number of allylic oxidation sites excluding steroid dienone is 4. The molecule has 0 aliphatic carbocycles. The van der Waals surface area contributed by atoms with E-state index in [4.69, 9.17) is 0 Å². The second kappa shape index (κ2) is 44.9. The van der Waals surface area contributed by atoms with Gasteiger partial charge in [0.15, 0.2) is 0 Å². The molecule has 56 heavy (non-hydrogen) atoms. The largest absolute Gasteiger partial charge is 0.394 e. The molecule has 0 aliphatic rings. The van der Waals surface area contributed by atoms with Gasteiger partial charge in [0.25, 0.3) is 0 Å². The maximum atomic E-state index is 12.5. The molecule has 0 spiro atoms. The van der Waals surface area contributed by atoms with Crippen molar-refractivity contribution in [2.45, 2.75) is 282 Å². The van der Waals surface area contributed by atoms with E-state index in [1.165, 1.54) is 186 Å². The third-order valence-electron chi connectivity index (χ3n) is 11.6. The van der Waals surface area contributed by atoms with Gasteiger partial charge >= 0.3 is 0 Å². The number of rotatable bonds is 45. The second-order valence-electron chi connectivity index (χ2n) is 17.2. The molecule has 0 radical (unpaired) electrons. The van der Waals surface area contributed by atoms with Crippen LogP contribution in [0.15, 0.2) is 24.3 Å². The predicted octanol–water partition coefficient (Wildman–Crippen LogP) is 13.5. The van der Waals surface area contributed by atoms with Crippen molar-refractivity contribution < 1.29 is 25.2 Å². The third-order valence-corrected chi connectivity index (χ3v) is 11.6. The fourth-order valence-electron chi connectivity index (χ4n) is 7.72. The first kappa shape index (κ1) is 54.8. The van der Waals surface area contributed by atoms with Crippen molar-refractivity contribution in [2.75, 3.05) is 6.61 Å². The Kier molecular flexibility index (Phi) is 43.9. The molecule has 0 rings (SSSR count). The van der Waals surface area contributed by atoms with Gasteiger partial charge in [0.1, 0.15) is 12.2 Å². The van der Waals surface area contributed by atoms with Crippen molar-refractivity contribution in [3.63, 3.8) is 0 Å². The highest BCUT2D eigenvalue weighted by atomic mass is 16.3. The average Bonchev–Trinajstić information content (AvgIpc) is 3.20. The molecule has 4 unspecified atom stereocenters. The van der Waals surface area contributed by atoms with Crippen LogP contribution in [0.1, 0.15) is 258 Å². The maximum Gasteiger partial charge on any atom is 0.249 e. The van der Waals surface area contributed by atoms with Gasteiger partial charge in [-0.15, -0.1) is 0 Å². The lowest BCUT2D eigenvalue weighted by Gasteiger charge is -2.27. The summed E-state index contributed by atoms with van der Waals surface area (Å²) >= 11 is 0. The van der Waals surface area contributed by atoms with Crippen LogP contribution in [-0.2, 0) is 4.79 Å². The highest BCUT2D eigenvalue weighted by Gasteiger charge is 2.28. The summed E-state index contributed by atoms with van der Waals surface area (Å²) in [6, 6.07) is -1.00. The van der Waals surface area contributed by atoms with E-state index in [0.717, 1.165) is 38.5 Å². The van der Waals surface area contributed by atoms with Crippen LogP contribution in [0.3, 0.4) is 0 Å². The lowest BCUT2D eigenvalue weighted by atomic mass is 10.00. The number of carbonyl (C=O) groups is 1. The van der Waals surface area contributed by atoms with Crippen LogP contribution < -0.4 is 5.32 Å². The summed E-state index contributed by atoms with van der Waals surface area (Å²) in [5.74, 6) is -0.596. The number of carbonyl (C=O) groups excluding carboxylic acids is 1. The molecule has 0 aromatic carbocycles. The number of hydrogen-bond donors (Lipinski definition) is 5. The topological polar surface area (TPSA) is 110 Å². The Morgan fingerprint density at radius 1 is 0.429 bits per heavy atom. The van der Waals surface area contributed by atoms with Crippen LogP contribution in [0.5, 0.6) is 0 Å². The molecule has 332 valence electrons. The molecular formula is C50H97NO5. The van der Waals surface area contributed by atoms with Crippen molar-refractivity contribution in [1.82, 2.24) is 5.32 Å². The van der Waals surface area contributed by atoms with Gasteiger partial charge in [-0.05, 0) is 51.4 Å². The Balaban J connectivity index is 3.68. The van der Waals surface area contributed by atoms with Crippen molar-refractivity contribution in [3.8, 4) is 0 Å². The van der Waals surface area contributed by atoms with Gasteiger partial charge in [0.05, 0.1) is 18.8 Å². The lowest BCUT2D eigenvalue weighted by molar-refractivity contribution is -0.132. The van der Waals surface area contributed by atoms with Gasteiger partial charge in [-0.3, -0.25) is 4.79 Å². The normalized spacial score (nSPS) is 14.2. The summed E-state index contributed by atoms with van der Waals surface area (Å²) in [5, 5.41) is 43.7. The summed E-state index contributed by atoms with van der Waals surface area (Å²) in [5.41, 5.74) is 0. The first-order valence-electron chi connectivity index (χ1n) is 24.7. The van der Waals surface area contributed by atoms with E-state index < -0.39 is 36.9 Å². The number of nitrogens with one attached hydrogen (secondary N) is 1. The van der Waals surface area contributed by atoms with Crippen LogP contribution >= 0.6 is 0 Å². The molecule has 5 N–H and O–H groups in total. The molecule has 0 saturated heterocycles. The van der Waals surface area contributed by atoms with Crippen molar-refractivity contribution in [2.24, 2.45) is 0 Å². The minimum atomic E-state index is -1.29. The van der Waals surface area contributed by atoms with E-state index >= 15 is 0 Å². The average molecular weight is 792 g/mol. The van der Waals surface area contributed by atoms with Crippen LogP contribution in [0, 0.1) is 0 Å². The fourth-order valence-corrected chi connectivity index (χ4v) is 7.72. The molecule has 0 aliphatic heterocycles. The van der Waals surface area contributed by atoms with Crippen molar-refractivity contribution in [3.05, 3.63) is 24.3 Å². The number of unbranched alkanes of at least 4 members (excludes halogenated alkanes) is 32. The summed E-state index contributed by atoms with van der Waals surface area (Å²) < 4.78 is 0. The third kappa shape index (κ3) is 38.3. The Morgan fingerprint density at radius 2 is 0.750 bits per heavy atom. The lowest BCUT2D eigenvalue weighted by Crippen LogP contribution is -2.53. The molecule has 0 heterocycles. The highest BCUT2D eigenvalue weighted by molar-refractivity contribution is 5.80. The monoisotopic (exact) mass is 792 g/mol. The van der Waals surface area contributed by atoms with Gasteiger partial charge in [-0.25, -0.2) is 0 Å². The minimum absolute atomic E-state index is 0.363. The number of aliphatic hydroxyl groups excluding tert-OH is 4. The Labute approximate surface area is 348 Å². The summed E-state index contributed by atoms with van der Waals surface area (Å²) in [7, 11) is 0. The van der Waals surface area contributed by atoms with Crippen LogP contribution in [-0.4, -0.2) is 57.3 Å². The maximum absolute atomic E-state index is 12.5. The zero-order chi connectivity index (χ0) is 41.0. The summed E-state index contributed by atoms with van der Waals surface area (Å²) in [4.78, 5) is 12.5. The van der Waals surface area contributed by atoms with Gasteiger partial charge in [-0.2, -0.15) is 0 Å². The minimum Gasteiger partial charge on any atom is -0.394 e. The molecule has 0 aromatic heterocycles. The van der Waals surface area contributed by atoms with E-state index in [2.05, 4.69) is 43.5 Å². The van der Waals surface area contributed by atoms with Crippen LogP contribution in [0.25, 0.3) is 0 Å². The molecule has 4 atom stereocenters. The standard InChI is InChI=1S/C50H97NO5/c1-3-5-7-9-11-13-15-17-18-19-20-21-22-23-24-25-26-27-28-29-30-31-32-34-35-37-39-41-43-47(53)49(55)46(45-52)51-50(56)48(54)44-42-40-38-36-33-16-14-12-10-8-6-4-2/h30-31,35,37,46-49,52-55H,3-29,32-34,36,38-45H2,1-2H3,(H,51,56)/b31-30+,37-35+. The number of hydrogen-bond acceptors (Lipinski definition) is 5. The molecule has 1 amide bonds. The zero-order valence-electron chi connectivity index (χ0n) is 37.4. The number of amides is 1. The SMILES string of the molecule is CCCCCCCCCCCCCCCCCCCCC/C=C/CC/C=C/CCCC(O)C(O)C(CO)NC(=O)C(O)CCCCCCCCCCCCCC. The Hall–Kier alpha value is -1.21. The molecule has 0 saturated carbocycles. The van der Waals surface area contributed by atoms with Crippen LogP contribution in [0.4, 0.5) is 0 Å².